The van der Waals surface area contributed by atoms with E-state index in [4.69, 9.17) is 16.3 Å². The number of aliphatic carboxylic acids is 1. The molecular weight excluding hydrogens is 390 g/mol. The van der Waals surface area contributed by atoms with Gasteiger partial charge in [-0.25, -0.2) is 4.79 Å². The molecule has 1 aliphatic carbocycles. The average molecular weight is 414 g/mol. The molecule has 29 heavy (non-hydrogen) atoms. The average Bonchev–Trinajstić information content (AvgIpc) is 3.22. The molecular formula is C23H24ClNO4. The number of carboxylic acids is 1. The molecule has 5 nitrogen and oxygen atoms in total. The van der Waals surface area contributed by atoms with Gasteiger partial charge in [0.25, 0.3) is 0 Å². The van der Waals surface area contributed by atoms with E-state index >= 15 is 0 Å². The van der Waals surface area contributed by atoms with E-state index in [1.54, 1.807) is 36.4 Å². The Bertz CT molecular complexity index is 903. The van der Waals surface area contributed by atoms with Gasteiger partial charge in [0.2, 0.25) is 5.91 Å². The number of hydrogen-bond acceptors (Lipinski definition) is 3. The van der Waals surface area contributed by atoms with Crippen molar-refractivity contribution in [2.45, 2.75) is 38.5 Å². The molecule has 152 valence electrons. The van der Waals surface area contributed by atoms with Gasteiger partial charge < -0.3 is 15.2 Å². The summed E-state index contributed by atoms with van der Waals surface area (Å²) in [5.74, 6) is 0.153. The number of amides is 1. The van der Waals surface area contributed by atoms with E-state index in [1.165, 1.54) is 18.9 Å². The maximum absolute atomic E-state index is 12.2. The number of ether oxygens (including phenoxy) is 1. The zero-order chi connectivity index (χ0) is 20.6. The lowest BCUT2D eigenvalue weighted by atomic mass is 10.0. The zero-order valence-electron chi connectivity index (χ0n) is 16.1. The van der Waals surface area contributed by atoms with Crippen LogP contribution in [0.2, 0.25) is 5.02 Å². The smallest absolute Gasteiger partial charge is 0.352 e. The first-order chi connectivity index (χ1) is 14.0. The highest BCUT2D eigenvalue weighted by Crippen LogP contribution is 2.30. The third kappa shape index (κ3) is 6.36. The third-order valence-corrected chi connectivity index (χ3v) is 5.30. The number of halogens is 1. The molecule has 0 atom stereocenters. The second-order valence-corrected chi connectivity index (χ2v) is 7.61. The van der Waals surface area contributed by atoms with E-state index in [2.05, 4.69) is 5.32 Å². The fraction of sp³-hybridized carbons (Fsp3) is 0.304. The van der Waals surface area contributed by atoms with Gasteiger partial charge in [0.1, 0.15) is 17.2 Å². The van der Waals surface area contributed by atoms with Crippen LogP contribution in [0.5, 0.6) is 11.5 Å². The first-order valence-corrected chi connectivity index (χ1v) is 10.2. The quantitative estimate of drug-likeness (QED) is 0.549. The second kappa shape index (κ2) is 10.1. The second-order valence-electron chi connectivity index (χ2n) is 7.21. The molecule has 0 bridgehead atoms. The molecule has 0 saturated heterocycles. The van der Waals surface area contributed by atoms with Crippen molar-refractivity contribution in [1.29, 1.82) is 0 Å². The van der Waals surface area contributed by atoms with Crippen molar-refractivity contribution in [1.82, 2.24) is 5.32 Å². The Balaban J connectivity index is 1.67. The van der Waals surface area contributed by atoms with Crippen molar-refractivity contribution in [3.8, 4) is 11.5 Å². The maximum atomic E-state index is 12.2. The number of carbonyl (C=O) groups is 2. The minimum Gasteiger partial charge on any atom is -0.477 e. The van der Waals surface area contributed by atoms with Gasteiger partial charge in [0.05, 0.1) is 5.02 Å². The normalized spacial score (nSPS) is 14.6. The largest absolute Gasteiger partial charge is 0.477 e. The van der Waals surface area contributed by atoms with Crippen molar-refractivity contribution < 1.29 is 19.4 Å². The predicted molar refractivity (Wildman–Crippen MR) is 113 cm³/mol. The number of nitrogens with one attached hydrogen (secondary N) is 1. The number of hydrogen-bond donors (Lipinski definition) is 2. The topological polar surface area (TPSA) is 75.6 Å². The van der Waals surface area contributed by atoms with E-state index < -0.39 is 5.97 Å². The van der Waals surface area contributed by atoms with Gasteiger partial charge in [-0.05, 0) is 48.2 Å². The summed E-state index contributed by atoms with van der Waals surface area (Å²) in [6.45, 7) is 0. The molecule has 2 aromatic rings. The minimum atomic E-state index is -1.18. The van der Waals surface area contributed by atoms with Gasteiger partial charge in [-0.2, -0.15) is 0 Å². The standard InChI is InChI=1S/C23H24ClNO4/c24-19-10-3-4-11-21(19)29-18-9-5-8-17(14-18)15-20(23(27)28)25-22(26)13-12-16-6-1-2-7-16/h3-5,8-11,14-16H,1-2,6-7,12-13H2,(H,25,26)(H,27,28)/b20-15+. The van der Waals surface area contributed by atoms with E-state index in [9.17, 15) is 14.7 Å². The van der Waals surface area contributed by atoms with Crippen molar-refractivity contribution in [3.63, 3.8) is 0 Å². The number of benzene rings is 2. The molecule has 6 heteroatoms. The molecule has 0 unspecified atom stereocenters. The van der Waals surface area contributed by atoms with Crippen LogP contribution < -0.4 is 10.1 Å². The van der Waals surface area contributed by atoms with Gasteiger partial charge in [-0.3, -0.25) is 4.79 Å². The lowest BCUT2D eigenvalue weighted by Gasteiger charge is -2.10. The highest BCUT2D eigenvalue weighted by atomic mass is 35.5. The summed E-state index contributed by atoms with van der Waals surface area (Å²) in [7, 11) is 0. The van der Waals surface area contributed by atoms with Gasteiger partial charge in [-0.15, -0.1) is 0 Å². The Labute approximate surface area is 175 Å². The molecule has 1 amide bonds. The highest BCUT2D eigenvalue weighted by molar-refractivity contribution is 6.32. The highest BCUT2D eigenvalue weighted by Gasteiger charge is 2.18. The predicted octanol–water partition coefficient (Wildman–Crippen LogP) is 5.64. The molecule has 0 radical (unpaired) electrons. The van der Waals surface area contributed by atoms with Gasteiger partial charge in [-0.1, -0.05) is 61.5 Å². The number of rotatable bonds is 8. The van der Waals surface area contributed by atoms with Crippen LogP contribution in [-0.4, -0.2) is 17.0 Å². The number of para-hydroxylation sites is 1. The first-order valence-electron chi connectivity index (χ1n) is 9.78. The van der Waals surface area contributed by atoms with Crippen molar-refractivity contribution in [2.24, 2.45) is 5.92 Å². The summed E-state index contributed by atoms with van der Waals surface area (Å²) in [4.78, 5) is 23.8. The fourth-order valence-electron chi connectivity index (χ4n) is 3.49. The Morgan fingerprint density at radius 2 is 1.90 bits per heavy atom. The van der Waals surface area contributed by atoms with E-state index in [1.807, 2.05) is 12.1 Å². The van der Waals surface area contributed by atoms with Crippen LogP contribution in [-0.2, 0) is 9.59 Å². The number of carbonyl (C=O) groups excluding carboxylic acids is 1. The van der Waals surface area contributed by atoms with Gasteiger partial charge in [0.15, 0.2) is 0 Å². The summed E-state index contributed by atoms with van der Waals surface area (Å²) in [5, 5.41) is 12.5. The van der Waals surface area contributed by atoms with Crippen molar-refractivity contribution in [2.75, 3.05) is 0 Å². The number of carboxylic acid groups (broad SMARTS) is 1. The van der Waals surface area contributed by atoms with E-state index in [-0.39, 0.29) is 11.6 Å². The molecule has 0 aliphatic heterocycles. The minimum absolute atomic E-state index is 0.156. The molecule has 2 aromatic carbocycles. The molecule has 1 saturated carbocycles. The molecule has 1 aliphatic rings. The first kappa shape index (κ1) is 20.9. The zero-order valence-corrected chi connectivity index (χ0v) is 16.8. The van der Waals surface area contributed by atoms with Crippen LogP contribution in [0.3, 0.4) is 0 Å². The Morgan fingerprint density at radius 3 is 2.62 bits per heavy atom. The monoisotopic (exact) mass is 413 g/mol. The SMILES string of the molecule is O=C(CCC1CCCC1)N/C(=C/c1cccc(Oc2ccccc2Cl)c1)C(=O)O. The summed E-state index contributed by atoms with van der Waals surface area (Å²) in [6.07, 6.45) is 7.33. The van der Waals surface area contributed by atoms with Crippen LogP contribution in [0, 0.1) is 5.92 Å². The summed E-state index contributed by atoms with van der Waals surface area (Å²) in [5.41, 5.74) is 0.444. The van der Waals surface area contributed by atoms with Crippen LogP contribution in [0.1, 0.15) is 44.1 Å². The van der Waals surface area contributed by atoms with E-state index in [0.717, 1.165) is 19.3 Å². The summed E-state index contributed by atoms with van der Waals surface area (Å²) < 4.78 is 5.77. The van der Waals surface area contributed by atoms with E-state index in [0.29, 0.717) is 34.4 Å². The molecule has 0 aromatic heterocycles. The summed E-state index contributed by atoms with van der Waals surface area (Å²) in [6, 6.07) is 14.0. The molecule has 0 heterocycles. The Kier molecular flexibility index (Phi) is 7.30. The van der Waals surface area contributed by atoms with Crippen LogP contribution in [0.4, 0.5) is 0 Å². The fourth-order valence-corrected chi connectivity index (χ4v) is 3.66. The Hall–Kier alpha value is -2.79. The maximum Gasteiger partial charge on any atom is 0.352 e. The third-order valence-electron chi connectivity index (χ3n) is 4.99. The van der Waals surface area contributed by atoms with Crippen molar-refractivity contribution >= 4 is 29.6 Å². The van der Waals surface area contributed by atoms with Gasteiger partial charge >= 0.3 is 5.97 Å². The van der Waals surface area contributed by atoms with Crippen LogP contribution in [0.25, 0.3) is 6.08 Å². The lowest BCUT2D eigenvalue weighted by Crippen LogP contribution is -2.27. The van der Waals surface area contributed by atoms with Crippen LogP contribution >= 0.6 is 11.6 Å². The molecule has 1 fully saturated rings. The van der Waals surface area contributed by atoms with Gasteiger partial charge in [0, 0.05) is 6.42 Å². The van der Waals surface area contributed by atoms with Crippen molar-refractivity contribution in [3.05, 3.63) is 64.8 Å². The molecule has 2 N–H and O–H groups in total. The summed E-state index contributed by atoms with van der Waals surface area (Å²) >= 11 is 6.11. The van der Waals surface area contributed by atoms with Crippen LogP contribution in [0.15, 0.2) is 54.2 Å². The lowest BCUT2D eigenvalue weighted by molar-refractivity contribution is -0.134. The molecule has 0 spiro atoms. The molecule has 3 rings (SSSR count). The Morgan fingerprint density at radius 1 is 1.14 bits per heavy atom.